The average Bonchev–Trinajstić information content (AvgIpc) is 2.25. The third-order valence-corrected chi connectivity index (χ3v) is 4.20. The molecule has 0 fully saturated rings. The average molecular weight is 255 g/mol. The first-order valence-electron chi connectivity index (χ1n) is 6.14. The van der Waals surface area contributed by atoms with E-state index in [0.29, 0.717) is 5.92 Å². The Balaban J connectivity index is 2.69. The molecule has 3 heteroatoms. The van der Waals surface area contributed by atoms with E-state index in [1.54, 1.807) is 17.8 Å². The van der Waals surface area contributed by atoms with Crippen LogP contribution in [0.4, 0.5) is 4.39 Å². The van der Waals surface area contributed by atoms with Crippen molar-refractivity contribution in [2.75, 3.05) is 5.75 Å². The molecule has 1 aromatic rings. The minimum Gasteiger partial charge on any atom is -0.327 e. The Bertz CT molecular complexity index is 339. The molecule has 1 nitrogen and oxygen atoms in total. The Morgan fingerprint density at radius 2 is 1.88 bits per heavy atom. The third kappa shape index (κ3) is 4.68. The molecule has 1 rings (SSSR count). The largest absolute Gasteiger partial charge is 0.327 e. The van der Waals surface area contributed by atoms with Crippen molar-refractivity contribution in [2.45, 2.75) is 38.5 Å². The van der Waals surface area contributed by atoms with Gasteiger partial charge in [0.1, 0.15) is 5.82 Å². The summed E-state index contributed by atoms with van der Waals surface area (Å²) >= 11 is 1.76. The van der Waals surface area contributed by atoms with Gasteiger partial charge < -0.3 is 5.73 Å². The lowest BCUT2D eigenvalue weighted by molar-refractivity contribution is 0.590. The van der Waals surface area contributed by atoms with E-state index < -0.39 is 0 Å². The van der Waals surface area contributed by atoms with Gasteiger partial charge in [0.25, 0.3) is 0 Å². The Hall–Kier alpha value is -0.540. The van der Waals surface area contributed by atoms with Crippen molar-refractivity contribution in [3.63, 3.8) is 0 Å². The van der Waals surface area contributed by atoms with Crippen LogP contribution in [0.2, 0.25) is 0 Å². The van der Waals surface area contributed by atoms with Gasteiger partial charge in [-0.05, 0) is 31.1 Å². The minimum absolute atomic E-state index is 0.0379. The summed E-state index contributed by atoms with van der Waals surface area (Å²) < 4.78 is 13.7. The van der Waals surface area contributed by atoms with Crippen LogP contribution in [0.15, 0.2) is 24.3 Å². The van der Waals surface area contributed by atoms with Gasteiger partial charge in [0.15, 0.2) is 0 Å². The molecular formula is C14H22FNS. The van der Waals surface area contributed by atoms with Crippen LogP contribution in [0, 0.1) is 11.7 Å². The molecule has 0 saturated heterocycles. The van der Waals surface area contributed by atoms with Gasteiger partial charge in [-0.2, -0.15) is 11.8 Å². The molecule has 0 aliphatic rings. The quantitative estimate of drug-likeness (QED) is 0.831. The topological polar surface area (TPSA) is 26.0 Å². The molecule has 0 bridgehead atoms. The van der Waals surface area contributed by atoms with E-state index in [0.717, 1.165) is 17.7 Å². The van der Waals surface area contributed by atoms with E-state index in [2.05, 4.69) is 13.8 Å². The molecule has 0 radical (unpaired) electrons. The van der Waals surface area contributed by atoms with Gasteiger partial charge in [0.05, 0.1) is 0 Å². The van der Waals surface area contributed by atoms with Crippen LogP contribution in [-0.2, 0) is 0 Å². The highest BCUT2D eigenvalue weighted by molar-refractivity contribution is 7.99. The zero-order chi connectivity index (χ0) is 12.8. The first-order chi connectivity index (χ1) is 8.02. The maximum Gasteiger partial charge on any atom is 0.127 e. The highest BCUT2D eigenvalue weighted by Gasteiger charge is 2.19. The van der Waals surface area contributed by atoms with Crippen molar-refractivity contribution >= 4 is 11.8 Å². The first-order valence-corrected chi connectivity index (χ1v) is 7.19. The highest BCUT2D eigenvalue weighted by atomic mass is 32.2. The summed E-state index contributed by atoms with van der Waals surface area (Å²) in [7, 11) is 0. The fourth-order valence-electron chi connectivity index (χ4n) is 1.66. The first kappa shape index (κ1) is 14.5. The standard InChI is InChI=1S/C14H22FNS/c1-10(2)8-9-17-14(11(3)16)12-6-4-5-7-13(12)15/h4-7,10-11,14H,8-9,16H2,1-3H3. The fourth-order valence-corrected chi connectivity index (χ4v) is 3.20. The fraction of sp³-hybridized carbons (Fsp3) is 0.571. The Morgan fingerprint density at radius 3 is 2.41 bits per heavy atom. The van der Waals surface area contributed by atoms with Crippen LogP contribution in [-0.4, -0.2) is 11.8 Å². The lowest BCUT2D eigenvalue weighted by atomic mass is 10.1. The van der Waals surface area contributed by atoms with E-state index in [-0.39, 0.29) is 17.1 Å². The predicted octanol–water partition coefficient (Wildman–Crippen LogP) is 3.99. The van der Waals surface area contributed by atoms with Crippen molar-refractivity contribution in [2.24, 2.45) is 11.7 Å². The van der Waals surface area contributed by atoms with Crippen LogP contribution in [0.5, 0.6) is 0 Å². The molecule has 0 aliphatic heterocycles. The minimum atomic E-state index is -0.146. The lowest BCUT2D eigenvalue weighted by Crippen LogP contribution is -2.23. The van der Waals surface area contributed by atoms with E-state index >= 15 is 0 Å². The number of hydrogen-bond donors (Lipinski definition) is 1. The summed E-state index contributed by atoms with van der Waals surface area (Å²) in [5, 5.41) is 0.0509. The smallest absolute Gasteiger partial charge is 0.127 e. The van der Waals surface area contributed by atoms with Crippen LogP contribution in [0.3, 0.4) is 0 Å². The van der Waals surface area contributed by atoms with Gasteiger partial charge in [0, 0.05) is 16.9 Å². The second kappa shape index (κ2) is 7.02. The molecule has 2 unspecified atom stereocenters. The SMILES string of the molecule is CC(C)CCSC(c1ccccc1F)C(C)N. The van der Waals surface area contributed by atoms with Gasteiger partial charge in [-0.15, -0.1) is 0 Å². The molecule has 1 aromatic carbocycles. The van der Waals surface area contributed by atoms with Crippen molar-refractivity contribution in [1.82, 2.24) is 0 Å². The Labute approximate surface area is 108 Å². The summed E-state index contributed by atoms with van der Waals surface area (Å²) in [6.45, 7) is 6.34. The van der Waals surface area contributed by atoms with E-state index in [4.69, 9.17) is 5.73 Å². The number of rotatable bonds is 6. The van der Waals surface area contributed by atoms with Crippen LogP contribution in [0.25, 0.3) is 0 Å². The van der Waals surface area contributed by atoms with Gasteiger partial charge in [-0.25, -0.2) is 4.39 Å². The number of nitrogens with two attached hydrogens (primary N) is 1. The van der Waals surface area contributed by atoms with Crippen LogP contribution in [0.1, 0.15) is 38.0 Å². The molecular weight excluding hydrogens is 233 g/mol. The summed E-state index contributed by atoms with van der Waals surface area (Å²) in [6, 6.07) is 6.90. The maximum absolute atomic E-state index is 13.7. The second-order valence-corrected chi connectivity index (χ2v) is 6.10. The second-order valence-electron chi connectivity index (χ2n) is 4.85. The molecule has 17 heavy (non-hydrogen) atoms. The van der Waals surface area contributed by atoms with Crippen molar-refractivity contribution in [3.8, 4) is 0 Å². The molecule has 96 valence electrons. The zero-order valence-corrected chi connectivity index (χ0v) is 11.6. The molecule has 0 saturated carbocycles. The summed E-state index contributed by atoms with van der Waals surface area (Å²) in [5.74, 6) is 1.56. The number of thioether (sulfide) groups is 1. The highest BCUT2D eigenvalue weighted by Crippen LogP contribution is 2.33. The van der Waals surface area contributed by atoms with Crippen molar-refractivity contribution < 1.29 is 4.39 Å². The Morgan fingerprint density at radius 1 is 1.24 bits per heavy atom. The van der Waals surface area contributed by atoms with Gasteiger partial charge in [0.2, 0.25) is 0 Å². The molecule has 0 spiro atoms. The summed E-state index contributed by atoms with van der Waals surface area (Å²) in [4.78, 5) is 0. The van der Waals surface area contributed by atoms with Gasteiger partial charge in [-0.1, -0.05) is 32.0 Å². The van der Waals surface area contributed by atoms with E-state index in [1.165, 1.54) is 6.07 Å². The predicted molar refractivity (Wildman–Crippen MR) is 74.7 cm³/mol. The summed E-state index contributed by atoms with van der Waals surface area (Å²) in [6.07, 6.45) is 1.14. The third-order valence-electron chi connectivity index (χ3n) is 2.68. The van der Waals surface area contributed by atoms with E-state index in [1.807, 2.05) is 19.1 Å². The van der Waals surface area contributed by atoms with Crippen molar-refractivity contribution in [3.05, 3.63) is 35.6 Å². The van der Waals surface area contributed by atoms with Crippen molar-refractivity contribution in [1.29, 1.82) is 0 Å². The molecule has 0 aliphatic carbocycles. The molecule has 0 aromatic heterocycles. The van der Waals surface area contributed by atoms with Crippen LogP contribution < -0.4 is 5.73 Å². The monoisotopic (exact) mass is 255 g/mol. The maximum atomic E-state index is 13.7. The number of benzene rings is 1. The molecule has 2 atom stereocenters. The Kier molecular flexibility index (Phi) is 6.00. The lowest BCUT2D eigenvalue weighted by Gasteiger charge is -2.21. The number of halogens is 1. The van der Waals surface area contributed by atoms with E-state index in [9.17, 15) is 4.39 Å². The normalized spacial score (nSPS) is 14.9. The van der Waals surface area contributed by atoms with Gasteiger partial charge >= 0.3 is 0 Å². The zero-order valence-electron chi connectivity index (χ0n) is 10.8. The molecule has 0 amide bonds. The summed E-state index contributed by atoms with van der Waals surface area (Å²) in [5.41, 5.74) is 6.70. The van der Waals surface area contributed by atoms with Gasteiger partial charge in [-0.3, -0.25) is 0 Å². The molecule has 2 N–H and O–H groups in total. The number of hydrogen-bond acceptors (Lipinski definition) is 2. The van der Waals surface area contributed by atoms with Crippen LogP contribution >= 0.6 is 11.8 Å². The molecule has 0 heterocycles.